The number of aromatic nitrogens is 1. The van der Waals surface area contributed by atoms with Gasteiger partial charge in [-0.3, -0.25) is 9.88 Å². The molecule has 2 aromatic rings. The van der Waals surface area contributed by atoms with Gasteiger partial charge in [-0.2, -0.15) is 0 Å². The average Bonchev–Trinajstić information content (AvgIpc) is 2.94. The molecular formula is C14H19N3S. The predicted molar refractivity (Wildman–Crippen MR) is 76.5 cm³/mol. The standard InChI is InChI=1S/C14H19N3S/c1-11(14-4-3-9-18-14)17(2)13(10-15)12-5-7-16-8-6-12/h3-9,11,13H,10,15H2,1-2H3. The number of nitrogens with two attached hydrogens (primary N) is 1. The smallest absolute Gasteiger partial charge is 0.0474 e. The molecule has 0 radical (unpaired) electrons. The average molecular weight is 261 g/mol. The van der Waals surface area contributed by atoms with Crippen LogP contribution in [-0.2, 0) is 0 Å². The minimum Gasteiger partial charge on any atom is -0.329 e. The Morgan fingerprint density at radius 3 is 2.61 bits per heavy atom. The lowest BCUT2D eigenvalue weighted by atomic mass is 10.1. The molecule has 2 aromatic heterocycles. The van der Waals surface area contributed by atoms with Gasteiger partial charge in [0.1, 0.15) is 0 Å². The molecule has 3 nitrogen and oxygen atoms in total. The van der Waals surface area contributed by atoms with Crippen LogP contribution < -0.4 is 5.73 Å². The molecule has 0 aliphatic heterocycles. The lowest BCUT2D eigenvalue weighted by Crippen LogP contribution is -2.32. The van der Waals surface area contributed by atoms with Gasteiger partial charge in [-0.15, -0.1) is 11.3 Å². The number of hydrogen-bond donors (Lipinski definition) is 1. The van der Waals surface area contributed by atoms with Crippen LogP contribution in [0.25, 0.3) is 0 Å². The molecule has 0 saturated carbocycles. The monoisotopic (exact) mass is 261 g/mol. The van der Waals surface area contributed by atoms with Crippen molar-refractivity contribution in [1.29, 1.82) is 0 Å². The largest absolute Gasteiger partial charge is 0.329 e. The topological polar surface area (TPSA) is 42.1 Å². The molecule has 2 atom stereocenters. The van der Waals surface area contributed by atoms with E-state index in [4.69, 9.17) is 5.73 Å². The third kappa shape index (κ3) is 2.77. The Morgan fingerprint density at radius 2 is 2.06 bits per heavy atom. The van der Waals surface area contributed by atoms with E-state index in [2.05, 4.69) is 41.4 Å². The molecule has 0 saturated heterocycles. The number of thiophene rings is 1. The summed E-state index contributed by atoms with van der Waals surface area (Å²) in [6.45, 7) is 2.83. The van der Waals surface area contributed by atoms with Gasteiger partial charge < -0.3 is 5.73 Å². The fraction of sp³-hybridized carbons (Fsp3) is 0.357. The van der Waals surface area contributed by atoms with E-state index in [9.17, 15) is 0 Å². The molecule has 0 aliphatic carbocycles. The van der Waals surface area contributed by atoms with Crippen molar-refractivity contribution in [2.24, 2.45) is 5.73 Å². The van der Waals surface area contributed by atoms with Gasteiger partial charge >= 0.3 is 0 Å². The zero-order valence-corrected chi connectivity index (χ0v) is 11.6. The Bertz CT molecular complexity index is 455. The maximum absolute atomic E-state index is 5.94. The lowest BCUT2D eigenvalue weighted by molar-refractivity contribution is 0.193. The zero-order chi connectivity index (χ0) is 13.0. The highest BCUT2D eigenvalue weighted by Gasteiger charge is 2.21. The van der Waals surface area contributed by atoms with Crippen LogP contribution in [0.15, 0.2) is 42.0 Å². The molecule has 0 aliphatic rings. The summed E-state index contributed by atoms with van der Waals surface area (Å²) < 4.78 is 0. The highest BCUT2D eigenvalue weighted by molar-refractivity contribution is 7.10. The van der Waals surface area contributed by atoms with Crippen LogP contribution in [0.1, 0.15) is 29.4 Å². The van der Waals surface area contributed by atoms with Crippen LogP contribution in [0.3, 0.4) is 0 Å². The van der Waals surface area contributed by atoms with Crippen molar-refractivity contribution in [2.45, 2.75) is 19.0 Å². The van der Waals surface area contributed by atoms with Gasteiger partial charge in [0.05, 0.1) is 0 Å². The minimum absolute atomic E-state index is 0.227. The number of pyridine rings is 1. The summed E-state index contributed by atoms with van der Waals surface area (Å²) in [5.41, 5.74) is 7.16. The predicted octanol–water partition coefficient (Wildman–Crippen LogP) is 2.84. The van der Waals surface area contributed by atoms with E-state index in [0.29, 0.717) is 12.6 Å². The summed E-state index contributed by atoms with van der Waals surface area (Å²) in [7, 11) is 2.13. The van der Waals surface area contributed by atoms with E-state index in [1.54, 1.807) is 11.3 Å². The van der Waals surface area contributed by atoms with Gasteiger partial charge in [0.15, 0.2) is 0 Å². The number of hydrogen-bond acceptors (Lipinski definition) is 4. The Balaban J connectivity index is 2.18. The molecule has 18 heavy (non-hydrogen) atoms. The second kappa shape index (κ2) is 6.09. The van der Waals surface area contributed by atoms with Gasteiger partial charge in [0.25, 0.3) is 0 Å². The van der Waals surface area contributed by atoms with E-state index >= 15 is 0 Å². The van der Waals surface area contributed by atoms with Crippen molar-refractivity contribution < 1.29 is 0 Å². The second-order valence-corrected chi connectivity index (χ2v) is 5.37. The molecular weight excluding hydrogens is 242 g/mol. The molecule has 2 heterocycles. The number of rotatable bonds is 5. The van der Waals surface area contributed by atoms with Gasteiger partial charge in [0.2, 0.25) is 0 Å². The molecule has 2 N–H and O–H groups in total. The molecule has 0 spiro atoms. The molecule has 0 bridgehead atoms. The van der Waals surface area contributed by atoms with Crippen molar-refractivity contribution in [3.05, 3.63) is 52.5 Å². The summed E-state index contributed by atoms with van der Waals surface area (Å²) >= 11 is 1.79. The van der Waals surface area contributed by atoms with Gasteiger partial charge in [-0.25, -0.2) is 0 Å². The van der Waals surface area contributed by atoms with Crippen molar-refractivity contribution in [3.63, 3.8) is 0 Å². The normalized spacial score (nSPS) is 14.7. The SMILES string of the molecule is CC(c1cccs1)N(C)C(CN)c1ccncc1. The van der Waals surface area contributed by atoms with Crippen molar-refractivity contribution >= 4 is 11.3 Å². The first-order valence-electron chi connectivity index (χ1n) is 6.09. The molecule has 0 aromatic carbocycles. The van der Waals surface area contributed by atoms with Crippen LogP contribution in [0, 0.1) is 0 Å². The van der Waals surface area contributed by atoms with E-state index in [0.717, 1.165) is 0 Å². The molecule has 0 fully saturated rings. The third-order valence-corrected chi connectivity index (χ3v) is 4.41. The molecule has 96 valence electrons. The van der Waals surface area contributed by atoms with Gasteiger partial charge in [0, 0.05) is 35.9 Å². The first-order chi connectivity index (χ1) is 8.74. The molecule has 2 rings (SSSR count). The van der Waals surface area contributed by atoms with Crippen LogP contribution in [0.5, 0.6) is 0 Å². The first-order valence-corrected chi connectivity index (χ1v) is 6.97. The molecule has 4 heteroatoms. The summed E-state index contributed by atoms with van der Waals surface area (Å²) in [5, 5.41) is 2.11. The minimum atomic E-state index is 0.227. The van der Waals surface area contributed by atoms with Crippen molar-refractivity contribution in [1.82, 2.24) is 9.88 Å². The Labute approximate surface area is 112 Å². The zero-order valence-electron chi connectivity index (χ0n) is 10.8. The number of likely N-dealkylation sites (N-methyl/N-ethyl adjacent to an activating group) is 1. The van der Waals surface area contributed by atoms with E-state index < -0.39 is 0 Å². The second-order valence-electron chi connectivity index (χ2n) is 4.39. The van der Waals surface area contributed by atoms with Crippen LogP contribution in [-0.4, -0.2) is 23.5 Å². The van der Waals surface area contributed by atoms with Crippen molar-refractivity contribution in [2.75, 3.05) is 13.6 Å². The number of nitrogens with zero attached hydrogens (tertiary/aromatic N) is 2. The van der Waals surface area contributed by atoms with Gasteiger partial charge in [-0.05, 0) is 43.1 Å². The first kappa shape index (κ1) is 13.2. The van der Waals surface area contributed by atoms with E-state index in [1.807, 2.05) is 24.5 Å². The summed E-state index contributed by atoms with van der Waals surface area (Å²) in [4.78, 5) is 7.75. The Morgan fingerprint density at radius 1 is 1.33 bits per heavy atom. The summed E-state index contributed by atoms with van der Waals surface area (Å²) in [5.74, 6) is 0. The summed E-state index contributed by atoms with van der Waals surface area (Å²) in [6.07, 6.45) is 3.64. The van der Waals surface area contributed by atoms with E-state index in [1.165, 1.54) is 10.4 Å². The fourth-order valence-corrected chi connectivity index (χ4v) is 2.96. The Kier molecular flexibility index (Phi) is 4.47. The van der Waals surface area contributed by atoms with Crippen LogP contribution in [0.2, 0.25) is 0 Å². The lowest BCUT2D eigenvalue weighted by Gasteiger charge is -2.32. The van der Waals surface area contributed by atoms with Gasteiger partial charge in [-0.1, -0.05) is 6.07 Å². The fourth-order valence-electron chi connectivity index (χ4n) is 2.12. The quantitative estimate of drug-likeness (QED) is 0.900. The third-order valence-electron chi connectivity index (χ3n) is 3.37. The highest BCUT2D eigenvalue weighted by Crippen LogP contribution is 2.30. The molecule has 2 unspecified atom stereocenters. The van der Waals surface area contributed by atoms with E-state index in [-0.39, 0.29) is 6.04 Å². The summed E-state index contributed by atoms with van der Waals surface area (Å²) in [6, 6.07) is 8.93. The van der Waals surface area contributed by atoms with Crippen LogP contribution >= 0.6 is 11.3 Å². The molecule has 0 amide bonds. The van der Waals surface area contributed by atoms with Crippen LogP contribution in [0.4, 0.5) is 0 Å². The van der Waals surface area contributed by atoms with Crippen molar-refractivity contribution in [3.8, 4) is 0 Å². The highest BCUT2D eigenvalue weighted by atomic mass is 32.1. The Hall–Kier alpha value is -1.23. The maximum atomic E-state index is 5.94. The maximum Gasteiger partial charge on any atom is 0.0474 e.